The monoisotopic (exact) mass is 311 g/mol. The number of methoxy groups -OCH3 is 1. The molecular weight excluding hydrogens is 290 g/mol. The highest BCUT2D eigenvalue weighted by Crippen LogP contribution is 2.32. The molecule has 4 nitrogen and oxygen atoms in total. The fraction of sp³-hybridized carbons (Fsp3) is 0.316. The predicted molar refractivity (Wildman–Crippen MR) is 90.3 cm³/mol. The molecule has 0 fully saturated rings. The predicted octanol–water partition coefficient (Wildman–Crippen LogP) is 3.36. The SMILES string of the molecule is COc1cccc(CCC(=O)N2CCOc3ccc(C)cc32)c1. The maximum absolute atomic E-state index is 12.6. The van der Waals surface area contributed by atoms with Crippen LogP contribution in [0.15, 0.2) is 42.5 Å². The van der Waals surface area contributed by atoms with Gasteiger partial charge in [-0.15, -0.1) is 0 Å². The summed E-state index contributed by atoms with van der Waals surface area (Å²) in [5.74, 6) is 1.74. The molecule has 1 aliphatic heterocycles. The van der Waals surface area contributed by atoms with Gasteiger partial charge in [0.15, 0.2) is 0 Å². The third-order valence-corrected chi connectivity index (χ3v) is 4.04. The van der Waals surface area contributed by atoms with E-state index in [9.17, 15) is 4.79 Å². The fourth-order valence-corrected chi connectivity index (χ4v) is 2.80. The second-order valence-electron chi connectivity index (χ2n) is 5.72. The van der Waals surface area contributed by atoms with Gasteiger partial charge in [0.2, 0.25) is 5.91 Å². The number of nitrogens with zero attached hydrogens (tertiary/aromatic N) is 1. The van der Waals surface area contributed by atoms with Crippen LogP contribution in [0.25, 0.3) is 0 Å². The molecule has 2 aromatic carbocycles. The van der Waals surface area contributed by atoms with E-state index in [1.54, 1.807) is 7.11 Å². The molecule has 0 unspecified atom stereocenters. The number of benzene rings is 2. The minimum atomic E-state index is 0.128. The molecule has 0 saturated heterocycles. The van der Waals surface area contributed by atoms with Crippen LogP contribution in [0, 0.1) is 6.92 Å². The molecule has 0 N–H and O–H groups in total. The summed E-state index contributed by atoms with van der Waals surface area (Å²) in [6, 6.07) is 13.8. The lowest BCUT2D eigenvalue weighted by Crippen LogP contribution is -2.38. The van der Waals surface area contributed by atoms with Gasteiger partial charge >= 0.3 is 0 Å². The molecule has 3 rings (SSSR count). The van der Waals surface area contributed by atoms with Gasteiger partial charge in [0.25, 0.3) is 0 Å². The van der Waals surface area contributed by atoms with Gasteiger partial charge in [0, 0.05) is 6.42 Å². The summed E-state index contributed by atoms with van der Waals surface area (Å²) in [6.07, 6.45) is 1.18. The van der Waals surface area contributed by atoms with Crippen molar-refractivity contribution in [1.29, 1.82) is 0 Å². The van der Waals surface area contributed by atoms with Crippen molar-refractivity contribution in [3.8, 4) is 11.5 Å². The number of fused-ring (bicyclic) bond motifs is 1. The van der Waals surface area contributed by atoms with Gasteiger partial charge in [-0.05, 0) is 48.7 Å². The lowest BCUT2D eigenvalue weighted by atomic mass is 10.1. The zero-order chi connectivity index (χ0) is 16.2. The molecule has 0 atom stereocenters. The van der Waals surface area contributed by atoms with Crippen LogP contribution in [0.2, 0.25) is 0 Å². The van der Waals surface area contributed by atoms with E-state index in [0.29, 0.717) is 26.0 Å². The first kappa shape index (κ1) is 15.4. The van der Waals surface area contributed by atoms with E-state index in [0.717, 1.165) is 28.3 Å². The van der Waals surface area contributed by atoms with E-state index in [1.165, 1.54) is 0 Å². The molecule has 0 spiro atoms. The van der Waals surface area contributed by atoms with E-state index in [-0.39, 0.29) is 5.91 Å². The van der Waals surface area contributed by atoms with Gasteiger partial charge in [0.05, 0.1) is 19.3 Å². The van der Waals surface area contributed by atoms with Crippen LogP contribution >= 0.6 is 0 Å². The number of amides is 1. The normalized spacial score (nSPS) is 13.2. The van der Waals surface area contributed by atoms with Crippen LogP contribution in [0.4, 0.5) is 5.69 Å². The fourth-order valence-electron chi connectivity index (χ4n) is 2.80. The molecular formula is C19H21NO3. The third-order valence-electron chi connectivity index (χ3n) is 4.04. The highest BCUT2D eigenvalue weighted by atomic mass is 16.5. The van der Waals surface area contributed by atoms with Crippen molar-refractivity contribution in [1.82, 2.24) is 0 Å². The molecule has 120 valence electrons. The van der Waals surface area contributed by atoms with Crippen LogP contribution in [-0.4, -0.2) is 26.2 Å². The Balaban J connectivity index is 1.71. The van der Waals surface area contributed by atoms with E-state index in [1.807, 2.05) is 54.3 Å². The number of carbonyl (C=O) groups is 1. The number of aryl methyl sites for hydroxylation is 2. The zero-order valence-electron chi connectivity index (χ0n) is 13.5. The first-order valence-corrected chi connectivity index (χ1v) is 7.84. The third kappa shape index (κ3) is 3.47. The number of rotatable bonds is 4. The second kappa shape index (κ2) is 6.73. The summed E-state index contributed by atoms with van der Waals surface area (Å²) in [7, 11) is 1.65. The zero-order valence-corrected chi connectivity index (χ0v) is 13.5. The highest BCUT2D eigenvalue weighted by Gasteiger charge is 2.23. The number of anilines is 1. The number of carbonyl (C=O) groups excluding carboxylic acids is 1. The minimum absolute atomic E-state index is 0.128. The number of ether oxygens (including phenoxy) is 2. The highest BCUT2D eigenvalue weighted by molar-refractivity contribution is 5.95. The average Bonchev–Trinajstić information content (AvgIpc) is 2.59. The van der Waals surface area contributed by atoms with Gasteiger partial charge < -0.3 is 14.4 Å². The molecule has 1 aliphatic rings. The lowest BCUT2D eigenvalue weighted by molar-refractivity contribution is -0.118. The Hall–Kier alpha value is -2.49. The van der Waals surface area contributed by atoms with Crippen molar-refractivity contribution in [2.75, 3.05) is 25.2 Å². The van der Waals surface area contributed by atoms with Gasteiger partial charge in [-0.25, -0.2) is 0 Å². The van der Waals surface area contributed by atoms with Crippen LogP contribution in [0.3, 0.4) is 0 Å². The molecule has 0 saturated carbocycles. The first-order valence-electron chi connectivity index (χ1n) is 7.84. The Morgan fingerprint density at radius 1 is 1.26 bits per heavy atom. The van der Waals surface area contributed by atoms with Crippen LogP contribution in [0.5, 0.6) is 11.5 Å². The van der Waals surface area contributed by atoms with Crippen molar-refractivity contribution in [3.63, 3.8) is 0 Å². The molecule has 1 amide bonds. The van der Waals surface area contributed by atoms with E-state index < -0.39 is 0 Å². The topological polar surface area (TPSA) is 38.8 Å². The average molecular weight is 311 g/mol. The van der Waals surface area contributed by atoms with Crippen LogP contribution < -0.4 is 14.4 Å². The van der Waals surface area contributed by atoms with Gasteiger partial charge in [-0.1, -0.05) is 18.2 Å². The molecule has 2 aromatic rings. The first-order chi connectivity index (χ1) is 11.2. The molecule has 4 heteroatoms. The maximum atomic E-state index is 12.6. The van der Waals surface area contributed by atoms with E-state index >= 15 is 0 Å². The quantitative estimate of drug-likeness (QED) is 0.869. The Bertz CT molecular complexity index is 712. The van der Waals surface area contributed by atoms with Crippen molar-refractivity contribution >= 4 is 11.6 Å². The van der Waals surface area contributed by atoms with E-state index in [4.69, 9.17) is 9.47 Å². The summed E-state index contributed by atoms with van der Waals surface area (Å²) >= 11 is 0. The van der Waals surface area contributed by atoms with Crippen molar-refractivity contribution in [2.24, 2.45) is 0 Å². The van der Waals surface area contributed by atoms with Crippen LogP contribution in [0.1, 0.15) is 17.5 Å². The van der Waals surface area contributed by atoms with Crippen molar-refractivity contribution in [3.05, 3.63) is 53.6 Å². The van der Waals surface area contributed by atoms with Crippen molar-refractivity contribution in [2.45, 2.75) is 19.8 Å². The number of hydrogen-bond acceptors (Lipinski definition) is 3. The molecule has 0 bridgehead atoms. The molecule has 0 aromatic heterocycles. The molecule has 0 radical (unpaired) electrons. The smallest absolute Gasteiger partial charge is 0.227 e. The molecule has 0 aliphatic carbocycles. The lowest BCUT2D eigenvalue weighted by Gasteiger charge is -2.30. The van der Waals surface area contributed by atoms with E-state index in [2.05, 4.69) is 0 Å². The van der Waals surface area contributed by atoms with Gasteiger partial charge in [0.1, 0.15) is 18.1 Å². The maximum Gasteiger partial charge on any atom is 0.227 e. The van der Waals surface area contributed by atoms with Crippen molar-refractivity contribution < 1.29 is 14.3 Å². The Morgan fingerprint density at radius 3 is 2.96 bits per heavy atom. The summed E-state index contributed by atoms with van der Waals surface area (Å²) in [4.78, 5) is 14.5. The summed E-state index contributed by atoms with van der Waals surface area (Å²) in [5.41, 5.74) is 3.11. The Morgan fingerprint density at radius 2 is 2.13 bits per heavy atom. The van der Waals surface area contributed by atoms with Gasteiger partial charge in [-0.2, -0.15) is 0 Å². The summed E-state index contributed by atoms with van der Waals surface area (Å²) < 4.78 is 10.9. The second-order valence-corrected chi connectivity index (χ2v) is 5.72. The largest absolute Gasteiger partial charge is 0.497 e. The minimum Gasteiger partial charge on any atom is -0.497 e. The summed E-state index contributed by atoms with van der Waals surface area (Å²) in [5, 5.41) is 0. The Kier molecular flexibility index (Phi) is 4.51. The van der Waals surface area contributed by atoms with Crippen LogP contribution in [-0.2, 0) is 11.2 Å². The standard InChI is InChI=1S/C19H21NO3/c1-14-6-8-18-17(12-14)20(10-11-23-18)19(21)9-7-15-4-3-5-16(13-15)22-2/h3-6,8,12-13H,7,9-11H2,1-2H3. The van der Waals surface area contributed by atoms with Gasteiger partial charge in [-0.3, -0.25) is 4.79 Å². The summed E-state index contributed by atoms with van der Waals surface area (Å²) in [6.45, 7) is 3.17. The Labute approximate surface area is 136 Å². The molecule has 23 heavy (non-hydrogen) atoms. The molecule has 1 heterocycles. The number of hydrogen-bond donors (Lipinski definition) is 0.